The summed E-state index contributed by atoms with van der Waals surface area (Å²) < 4.78 is 5.17. The smallest absolute Gasteiger partial charge is 0.253 e. The number of benzene rings is 3. The van der Waals surface area contributed by atoms with Crippen molar-refractivity contribution in [1.82, 2.24) is 4.90 Å². The van der Waals surface area contributed by atoms with Crippen molar-refractivity contribution in [2.45, 2.75) is 19.8 Å². The van der Waals surface area contributed by atoms with E-state index in [4.69, 9.17) is 4.74 Å². The lowest BCUT2D eigenvalue weighted by molar-refractivity contribution is -0.111. The molecule has 3 aromatic carbocycles. The summed E-state index contributed by atoms with van der Waals surface area (Å²) in [6.07, 6.45) is 3.37. The molecular formula is C30H33N3O3. The van der Waals surface area contributed by atoms with Crippen molar-refractivity contribution >= 4 is 29.3 Å². The van der Waals surface area contributed by atoms with Crippen molar-refractivity contribution in [3.05, 3.63) is 95.6 Å². The van der Waals surface area contributed by atoms with Crippen molar-refractivity contribution < 1.29 is 14.3 Å². The van der Waals surface area contributed by atoms with Gasteiger partial charge in [-0.3, -0.25) is 9.59 Å². The number of hydrogen-bond donors (Lipinski definition) is 1. The van der Waals surface area contributed by atoms with E-state index in [0.29, 0.717) is 24.6 Å². The van der Waals surface area contributed by atoms with E-state index >= 15 is 0 Å². The number of amides is 2. The Morgan fingerprint density at radius 3 is 2.08 bits per heavy atom. The predicted molar refractivity (Wildman–Crippen MR) is 146 cm³/mol. The lowest BCUT2D eigenvalue weighted by Gasteiger charge is -2.36. The molecule has 1 aliphatic rings. The zero-order valence-corrected chi connectivity index (χ0v) is 21.1. The average Bonchev–Trinajstić information content (AvgIpc) is 2.92. The first-order chi connectivity index (χ1) is 17.4. The van der Waals surface area contributed by atoms with Gasteiger partial charge in [-0.25, -0.2) is 0 Å². The summed E-state index contributed by atoms with van der Waals surface area (Å²) in [7, 11) is 1.61. The van der Waals surface area contributed by atoms with Crippen molar-refractivity contribution in [3.8, 4) is 5.75 Å². The van der Waals surface area contributed by atoms with Crippen LogP contribution in [0.1, 0.15) is 41.3 Å². The van der Waals surface area contributed by atoms with E-state index in [9.17, 15) is 9.59 Å². The molecule has 2 amide bonds. The molecule has 0 aliphatic carbocycles. The van der Waals surface area contributed by atoms with Crippen LogP contribution in [0.15, 0.2) is 78.9 Å². The Balaban J connectivity index is 1.27. The number of anilines is 2. The summed E-state index contributed by atoms with van der Waals surface area (Å²) in [4.78, 5) is 29.3. The molecule has 0 unspecified atom stereocenters. The molecule has 1 N–H and O–H groups in total. The molecule has 1 saturated heterocycles. The van der Waals surface area contributed by atoms with Gasteiger partial charge in [0.25, 0.3) is 5.91 Å². The van der Waals surface area contributed by atoms with E-state index in [-0.39, 0.29) is 11.8 Å². The Kier molecular flexibility index (Phi) is 8.06. The zero-order valence-electron chi connectivity index (χ0n) is 21.1. The van der Waals surface area contributed by atoms with Gasteiger partial charge in [0.1, 0.15) is 5.75 Å². The third-order valence-corrected chi connectivity index (χ3v) is 6.43. The Morgan fingerprint density at radius 2 is 1.50 bits per heavy atom. The molecule has 0 aromatic heterocycles. The lowest BCUT2D eigenvalue weighted by Crippen LogP contribution is -2.48. The van der Waals surface area contributed by atoms with Crippen molar-refractivity contribution in [3.63, 3.8) is 0 Å². The van der Waals surface area contributed by atoms with Gasteiger partial charge in [0.05, 0.1) is 7.11 Å². The molecule has 4 rings (SSSR count). The van der Waals surface area contributed by atoms with Gasteiger partial charge in [-0.2, -0.15) is 0 Å². The van der Waals surface area contributed by atoms with Gasteiger partial charge < -0.3 is 19.9 Å². The molecular weight excluding hydrogens is 450 g/mol. The minimum Gasteiger partial charge on any atom is -0.497 e. The zero-order chi connectivity index (χ0) is 25.5. The van der Waals surface area contributed by atoms with Gasteiger partial charge in [0, 0.05) is 49.2 Å². The average molecular weight is 484 g/mol. The number of piperazine rings is 1. The highest BCUT2D eigenvalue weighted by Gasteiger charge is 2.22. The molecule has 0 spiro atoms. The van der Waals surface area contributed by atoms with Crippen LogP contribution in [0.3, 0.4) is 0 Å². The second-order valence-corrected chi connectivity index (χ2v) is 9.20. The van der Waals surface area contributed by atoms with Gasteiger partial charge in [-0.05, 0) is 71.7 Å². The van der Waals surface area contributed by atoms with Crippen LogP contribution in [0.25, 0.3) is 6.08 Å². The van der Waals surface area contributed by atoms with Crippen molar-refractivity contribution in [2.75, 3.05) is 43.5 Å². The summed E-state index contributed by atoms with van der Waals surface area (Å²) in [5.41, 5.74) is 4.77. The summed E-state index contributed by atoms with van der Waals surface area (Å²) in [6.45, 7) is 7.15. The fourth-order valence-electron chi connectivity index (χ4n) is 4.19. The monoisotopic (exact) mass is 483 g/mol. The molecule has 0 radical (unpaired) electrons. The van der Waals surface area contributed by atoms with Crippen LogP contribution in [0, 0.1) is 0 Å². The van der Waals surface area contributed by atoms with Gasteiger partial charge in [0.2, 0.25) is 5.91 Å². The molecule has 6 nitrogen and oxygen atoms in total. The molecule has 3 aromatic rings. The first-order valence-electron chi connectivity index (χ1n) is 12.3. The second kappa shape index (κ2) is 11.6. The Bertz CT molecular complexity index is 1190. The molecule has 36 heavy (non-hydrogen) atoms. The summed E-state index contributed by atoms with van der Waals surface area (Å²) >= 11 is 0. The standard InChI is InChI=1S/C30H33N3O3/c1-22(2)24-7-4-23(5-8-24)6-17-29(34)31-26-11-13-27(14-12-26)32-18-20-33(21-19-32)30(35)25-9-15-28(36-3)16-10-25/h4-17,22H,18-21H2,1-3H3,(H,31,34)/b17-6+. The fraction of sp³-hybridized carbons (Fsp3) is 0.267. The molecule has 0 bridgehead atoms. The highest BCUT2D eigenvalue weighted by molar-refractivity contribution is 6.02. The van der Waals surface area contributed by atoms with Crippen LogP contribution in [0.5, 0.6) is 5.75 Å². The minimum atomic E-state index is -0.165. The van der Waals surface area contributed by atoms with E-state index in [0.717, 1.165) is 35.8 Å². The largest absolute Gasteiger partial charge is 0.497 e. The molecule has 1 heterocycles. The summed E-state index contributed by atoms with van der Waals surface area (Å²) in [6, 6.07) is 23.3. The fourth-order valence-corrected chi connectivity index (χ4v) is 4.19. The Hall–Kier alpha value is -4.06. The quantitative estimate of drug-likeness (QED) is 0.455. The first kappa shape index (κ1) is 25.0. The lowest BCUT2D eigenvalue weighted by atomic mass is 10.0. The van der Waals surface area contributed by atoms with Crippen LogP contribution in [-0.4, -0.2) is 50.0 Å². The second-order valence-electron chi connectivity index (χ2n) is 9.20. The van der Waals surface area contributed by atoms with Crippen LogP contribution >= 0.6 is 0 Å². The van der Waals surface area contributed by atoms with Gasteiger partial charge in [-0.15, -0.1) is 0 Å². The van der Waals surface area contributed by atoms with Crippen LogP contribution < -0.4 is 15.0 Å². The minimum absolute atomic E-state index is 0.0410. The molecule has 0 saturated carbocycles. The number of hydrogen-bond acceptors (Lipinski definition) is 4. The van der Waals surface area contributed by atoms with E-state index in [1.165, 1.54) is 5.56 Å². The maximum atomic E-state index is 12.8. The van der Waals surface area contributed by atoms with Gasteiger partial charge >= 0.3 is 0 Å². The normalized spacial score (nSPS) is 13.8. The summed E-state index contributed by atoms with van der Waals surface area (Å²) in [5, 5.41) is 2.91. The van der Waals surface area contributed by atoms with E-state index in [1.54, 1.807) is 25.3 Å². The molecule has 6 heteroatoms. The molecule has 1 fully saturated rings. The number of nitrogens with one attached hydrogen (secondary N) is 1. The van der Waals surface area contributed by atoms with Crippen LogP contribution in [-0.2, 0) is 4.79 Å². The molecule has 0 atom stereocenters. The van der Waals surface area contributed by atoms with Gasteiger partial charge in [0.15, 0.2) is 0 Å². The van der Waals surface area contributed by atoms with E-state index in [1.807, 2.05) is 59.5 Å². The highest BCUT2D eigenvalue weighted by Crippen LogP contribution is 2.21. The number of ether oxygens (including phenoxy) is 1. The SMILES string of the molecule is COc1ccc(C(=O)N2CCN(c3ccc(NC(=O)/C=C/c4ccc(C(C)C)cc4)cc3)CC2)cc1. The number of methoxy groups -OCH3 is 1. The summed E-state index contributed by atoms with van der Waals surface area (Å²) in [5.74, 6) is 1.10. The maximum Gasteiger partial charge on any atom is 0.253 e. The highest BCUT2D eigenvalue weighted by atomic mass is 16.5. The van der Waals surface area contributed by atoms with Crippen LogP contribution in [0.4, 0.5) is 11.4 Å². The van der Waals surface area contributed by atoms with E-state index in [2.05, 4.69) is 36.2 Å². The van der Waals surface area contributed by atoms with Crippen LogP contribution in [0.2, 0.25) is 0 Å². The number of carbonyl (C=O) groups is 2. The van der Waals surface area contributed by atoms with E-state index < -0.39 is 0 Å². The molecule has 1 aliphatic heterocycles. The van der Waals surface area contributed by atoms with Crippen molar-refractivity contribution in [2.24, 2.45) is 0 Å². The number of rotatable bonds is 7. The predicted octanol–water partition coefficient (Wildman–Crippen LogP) is 5.43. The maximum absolute atomic E-state index is 12.8. The van der Waals surface area contributed by atoms with Gasteiger partial charge in [-0.1, -0.05) is 38.1 Å². The topological polar surface area (TPSA) is 61.9 Å². The third-order valence-electron chi connectivity index (χ3n) is 6.43. The Morgan fingerprint density at radius 1 is 0.861 bits per heavy atom. The number of carbonyl (C=O) groups excluding carboxylic acids is 2. The Labute approximate surface area is 213 Å². The number of nitrogens with zero attached hydrogens (tertiary/aromatic N) is 2. The third kappa shape index (κ3) is 6.33. The first-order valence-corrected chi connectivity index (χ1v) is 12.3. The molecule has 186 valence electrons. The van der Waals surface area contributed by atoms with Crippen molar-refractivity contribution in [1.29, 1.82) is 0 Å².